The van der Waals surface area contributed by atoms with Gasteiger partial charge in [0, 0.05) is 32.9 Å². The first-order valence-electron chi connectivity index (χ1n) is 5.90. The molecule has 0 saturated heterocycles. The quantitative estimate of drug-likeness (QED) is 0.750. The van der Waals surface area contributed by atoms with Crippen LogP contribution in [0.25, 0.3) is 0 Å². The number of methoxy groups -OCH3 is 1. The van der Waals surface area contributed by atoms with Crippen LogP contribution in [0.3, 0.4) is 0 Å². The largest absolute Gasteiger partial charge is 0.433 e. The summed E-state index contributed by atoms with van der Waals surface area (Å²) in [5.74, 6) is 0.112. The fourth-order valence-corrected chi connectivity index (χ4v) is 1.35. The van der Waals surface area contributed by atoms with Crippen molar-refractivity contribution in [1.29, 1.82) is 0 Å². The molecule has 1 aromatic rings. The van der Waals surface area contributed by atoms with Gasteiger partial charge < -0.3 is 15.4 Å². The number of ether oxygens (including phenoxy) is 1. The lowest BCUT2D eigenvalue weighted by atomic mass is 10.3. The molecule has 0 aromatic carbocycles. The molecule has 0 aliphatic rings. The average molecular weight is 278 g/mol. The lowest BCUT2D eigenvalue weighted by molar-refractivity contribution is -0.141. The van der Waals surface area contributed by atoms with E-state index in [2.05, 4.69) is 20.6 Å². The second-order valence-corrected chi connectivity index (χ2v) is 3.76. The summed E-state index contributed by atoms with van der Waals surface area (Å²) in [6.45, 7) is 3.22. The summed E-state index contributed by atoms with van der Waals surface area (Å²) in [7, 11) is 1.57. The van der Waals surface area contributed by atoms with Gasteiger partial charge in [-0.25, -0.2) is 4.98 Å². The van der Waals surface area contributed by atoms with Crippen molar-refractivity contribution in [3.8, 4) is 0 Å². The second kappa shape index (κ2) is 7.13. The summed E-state index contributed by atoms with van der Waals surface area (Å²) in [5.41, 5.74) is -0.965. The number of hydrogen-bond acceptors (Lipinski definition) is 5. The minimum absolute atomic E-state index is 0.0356. The summed E-state index contributed by atoms with van der Waals surface area (Å²) in [6, 6.07) is 0.896. The minimum Gasteiger partial charge on any atom is -0.385 e. The summed E-state index contributed by atoms with van der Waals surface area (Å²) in [6.07, 6.45) is -3.81. The van der Waals surface area contributed by atoms with Crippen molar-refractivity contribution in [1.82, 2.24) is 9.97 Å². The van der Waals surface area contributed by atoms with Gasteiger partial charge >= 0.3 is 6.18 Å². The highest BCUT2D eigenvalue weighted by Gasteiger charge is 2.33. The topological polar surface area (TPSA) is 59.1 Å². The molecule has 1 rings (SSSR count). The van der Waals surface area contributed by atoms with E-state index in [0.717, 1.165) is 6.07 Å². The molecule has 1 heterocycles. The Morgan fingerprint density at radius 1 is 1.26 bits per heavy atom. The minimum atomic E-state index is -4.49. The van der Waals surface area contributed by atoms with Crippen LogP contribution in [0.2, 0.25) is 0 Å². The predicted molar refractivity (Wildman–Crippen MR) is 66.2 cm³/mol. The SMILES string of the molecule is CCNc1nc(NCCCOC)cc(C(F)(F)F)n1. The maximum Gasteiger partial charge on any atom is 0.433 e. The van der Waals surface area contributed by atoms with Gasteiger partial charge in [0.05, 0.1) is 0 Å². The number of halogens is 3. The van der Waals surface area contributed by atoms with Crippen molar-refractivity contribution in [2.75, 3.05) is 37.4 Å². The molecule has 0 amide bonds. The lowest BCUT2D eigenvalue weighted by Crippen LogP contribution is -2.14. The van der Waals surface area contributed by atoms with E-state index in [1.807, 2.05) is 0 Å². The van der Waals surface area contributed by atoms with Crippen LogP contribution < -0.4 is 10.6 Å². The Morgan fingerprint density at radius 2 is 2.00 bits per heavy atom. The zero-order valence-electron chi connectivity index (χ0n) is 10.8. The summed E-state index contributed by atoms with van der Waals surface area (Å²) in [4.78, 5) is 7.39. The fourth-order valence-electron chi connectivity index (χ4n) is 1.35. The second-order valence-electron chi connectivity index (χ2n) is 3.76. The third kappa shape index (κ3) is 5.29. The van der Waals surface area contributed by atoms with Crippen LogP contribution in [0.1, 0.15) is 19.0 Å². The average Bonchev–Trinajstić information content (AvgIpc) is 2.34. The molecule has 108 valence electrons. The Balaban J connectivity index is 2.81. The van der Waals surface area contributed by atoms with E-state index in [1.54, 1.807) is 14.0 Å². The molecule has 0 fully saturated rings. The third-order valence-corrected chi connectivity index (χ3v) is 2.18. The molecule has 0 aliphatic carbocycles. The van der Waals surface area contributed by atoms with Gasteiger partial charge in [-0.05, 0) is 13.3 Å². The highest BCUT2D eigenvalue weighted by molar-refractivity contribution is 5.43. The smallest absolute Gasteiger partial charge is 0.385 e. The van der Waals surface area contributed by atoms with Crippen LogP contribution >= 0.6 is 0 Å². The van der Waals surface area contributed by atoms with E-state index in [1.165, 1.54) is 0 Å². The Bertz CT molecular complexity index is 398. The van der Waals surface area contributed by atoms with E-state index in [0.29, 0.717) is 26.1 Å². The lowest BCUT2D eigenvalue weighted by Gasteiger charge is -2.12. The molecule has 5 nitrogen and oxygen atoms in total. The maximum atomic E-state index is 12.7. The van der Waals surface area contributed by atoms with Crippen molar-refractivity contribution < 1.29 is 17.9 Å². The number of anilines is 2. The summed E-state index contributed by atoms with van der Waals surface area (Å²) >= 11 is 0. The van der Waals surface area contributed by atoms with E-state index in [-0.39, 0.29) is 11.8 Å². The number of nitrogens with one attached hydrogen (secondary N) is 2. The van der Waals surface area contributed by atoms with Crippen LogP contribution in [0, 0.1) is 0 Å². The first-order valence-corrected chi connectivity index (χ1v) is 5.90. The van der Waals surface area contributed by atoms with Crippen LogP contribution in [-0.2, 0) is 10.9 Å². The molecule has 2 N–H and O–H groups in total. The van der Waals surface area contributed by atoms with E-state index < -0.39 is 11.9 Å². The van der Waals surface area contributed by atoms with Crippen molar-refractivity contribution in [2.45, 2.75) is 19.5 Å². The molecular weight excluding hydrogens is 261 g/mol. The molecule has 8 heteroatoms. The molecule has 19 heavy (non-hydrogen) atoms. The molecule has 0 radical (unpaired) electrons. The van der Waals surface area contributed by atoms with Crippen molar-refractivity contribution in [3.63, 3.8) is 0 Å². The number of nitrogens with zero attached hydrogens (tertiary/aromatic N) is 2. The van der Waals surface area contributed by atoms with Gasteiger partial charge in [-0.2, -0.15) is 18.2 Å². The van der Waals surface area contributed by atoms with Gasteiger partial charge in [0.1, 0.15) is 5.82 Å². The molecule has 0 spiro atoms. The molecule has 0 atom stereocenters. The van der Waals surface area contributed by atoms with Gasteiger partial charge in [-0.3, -0.25) is 0 Å². The molecule has 0 saturated carbocycles. The van der Waals surface area contributed by atoms with E-state index >= 15 is 0 Å². The van der Waals surface area contributed by atoms with Crippen LogP contribution in [0.5, 0.6) is 0 Å². The van der Waals surface area contributed by atoms with Crippen molar-refractivity contribution >= 4 is 11.8 Å². The number of aromatic nitrogens is 2. The fraction of sp³-hybridized carbons (Fsp3) is 0.636. The molecular formula is C11H17F3N4O. The van der Waals surface area contributed by atoms with Gasteiger partial charge in [-0.15, -0.1) is 0 Å². The highest BCUT2D eigenvalue weighted by Crippen LogP contribution is 2.29. The molecule has 0 unspecified atom stereocenters. The van der Waals surface area contributed by atoms with Crippen LogP contribution in [0.4, 0.5) is 24.9 Å². The van der Waals surface area contributed by atoms with Crippen LogP contribution in [0.15, 0.2) is 6.07 Å². The van der Waals surface area contributed by atoms with Gasteiger partial charge in [0.25, 0.3) is 0 Å². The van der Waals surface area contributed by atoms with Crippen molar-refractivity contribution in [3.05, 3.63) is 11.8 Å². The third-order valence-electron chi connectivity index (χ3n) is 2.18. The first-order chi connectivity index (χ1) is 8.97. The highest BCUT2D eigenvalue weighted by atomic mass is 19.4. The normalized spacial score (nSPS) is 11.4. The van der Waals surface area contributed by atoms with E-state index in [4.69, 9.17) is 4.74 Å². The summed E-state index contributed by atoms with van der Waals surface area (Å²) in [5, 5.41) is 5.49. The molecule has 0 aliphatic heterocycles. The van der Waals surface area contributed by atoms with E-state index in [9.17, 15) is 13.2 Å². The number of hydrogen-bond donors (Lipinski definition) is 2. The van der Waals surface area contributed by atoms with Gasteiger partial charge in [0.2, 0.25) is 5.95 Å². The Labute approximate surface area is 109 Å². The molecule has 1 aromatic heterocycles. The predicted octanol–water partition coefficient (Wildman–Crippen LogP) is 2.38. The maximum absolute atomic E-state index is 12.7. The summed E-state index contributed by atoms with van der Waals surface area (Å²) < 4.78 is 42.9. The Morgan fingerprint density at radius 3 is 2.58 bits per heavy atom. The Kier molecular flexibility index (Phi) is 5.81. The van der Waals surface area contributed by atoms with Crippen molar-refractivity contribution in [2.24, 2.45) is 0 Å². The zero-order valence-corrected chi connectivity index (χ0v) is 10.8. The Hall–Kier alpha value is -1.57. The monoisotopic (exact) mass is 278 g/mol. The van der Waals surface area contributed by atoms with Gasteiger partial charge in [0.15, 0.2) is 5.69 Å². The molecule has 0 bridgehead atoms. The zero-order chi connectivity index (χ0) is 14.3. The van der Waals surface area contributed by atoms with Crippen LogP contribution in [-0.4, -0.2) is 36.8 Å². The first kappa shape index (κ1) is 15.5. The number of alkyl halides is 3. The number of rotatable bonds is 7. The standard InChI is InChI=1S/C11H17F3N4O/c1-3-15-10-17-8(11(12,13)14)7-9(18-10)16-5-4-6-19-2/h7H,3-6H2,1-2H3,(H2,15,16,17,18). The van der Waals surface area contributed by atoms with Gasteiger partial charge in [-0.1, -0.05) is 0 Å².